The summed E-state index contributed by atoms with van der Waals surface area (Å²) < 4.78 is 38.4. The molecule has 1 aliphatic rings. The van der Waals surface area contributed by atoms with Crippen LogP contribution in [0.15, 0.2) is 18.2 Å². The second kappa shape index (κ2) is 6.88. The van der Waals surface area contributed by atoms with E-state index >= 15 is 0 Å². The van der Waals surface area contributed by atoms with Gasteiger partial charge in [0.2, 0.25) is 0 Å². The summed E-state index contributed by atoms with van der Waals surface area (Å²) in [5.41, 5.74) is -0.159. The zero-order valence-electron chi connectivity index (χ0n) is 12.0. The van der Waals surface area contributed by atoms with Crippen LogP contribution in [-0.2, 0) is 6.18 Å². The van der Waals surface area contributed by atoms with Crippen molar-refractivity contribution in [1.82, 2.24) is 5.32 Å². The molecule has 0 aliphatic carbocycles. The quantitative estimate of drug-likeness (QED) is 0.888. The molecule has 118 valence electrons. The molecule has 0 atom stereocenters. The molecule has 1 aliphatic heterocycles. The van der Waals surface area contributed by atoms with Crippen molar-refractivity contribution in [3.8, 4) is 0 Å². The molecular formula is C15H20ClF3N2. The lowest BCUT2D eigenvalue weighted by atomic mass is 10.0. The minimum Gasteiger partial charge on any atom is -0.370 e. The van der Waals surface area contributed by atoms with Crippen molar-refractivity contribution in [3.05, 3.63) is 28.8 Å². The smallest absolute Gasteiger partial charge is 0.370 e. The zero-order valence-corrected chi connectivity index (χ0v) is 12.8. The number of benzene rings is 1. The lowest BCUT2D eigenvalue weighted by Crippen LogP contribution is -2.42. The Kier molecular flexibility index (Phi) is 5.38. The van der Waals surface area contributed by atoms with Crippen molar-refractivity contribution in [3.63, 3.8) is 0 Å². The normalized spacial score (nSPS) is 17.3. The van der Waals surface area contributed by atoms with Crippen molar-refractivity contribution in [2.75, 3.05) is 24.5 Å². The average molecular weight is 321 g/mol. The molecular weight excluding hydrogens is 301 g/mol. The summed E-state index contributed by atoms with van der Waals surface area (Å²) in [7, 11) is 0. The number of rotatable bonds is 4. The van der Waals surface area contributed by atoms with Crippen LogP contribution in [0, 0.1) is 0 Å². The van der Waals surface area contributed by atoms with E-state index in [0.717, 1.165) is 51.0 Å². The number of hydrogen-bond acceptors (Lipinski definition) is 2. The second-order valence-electron chi connectivity index (χ2n) is 5.38. The van der Waals surface area contributed by atoms with Gasteiger partial charge < -0.3 is 10.2 Å². The van der Waals surface area contributed by atoms with Crippen LogP contribution < -0.4 is 10.2 Å². The Hall–Kier alpha value is -0.940. The highest BCUT2D eigenvalue weighted by Crippen LogP contribution is 2.36. The molecule has 1 heterocycles. The Labute approximate surface area is 128 Å². The van der Waals surface area contributed by atoms with Crippen LogP contribution in [0.1, 0.15) is 31.7 Å². The minimum atomic E-state index is -4.33. The summed E-state index contributed by atoms with van der Waals surface area (Å²) in [5.74, 6) is 0. The Balaban J connectivity index is 2.06. The molecule has 0 amide bonds. The van der Waals surface area contributed by atoms with Crippen LogP contribution in [0.2, 0.25) is 5.02 Å². The van der Waals surface area contributed by atoms with E-state index in [2.05, 4.69) is 12.2 Å². The van der Waals surface area contributed by atoms with Crippen LogP contribution >= 0.6 is 11.6 Å². The molecule has 1 N–H and O–H groups in total. The molecule has 0 aromatic heterocycles. The van der Waals surface area contributed by atoms with E-state index in [1.807, 2.05) is 4.90 Å². The number of anilines is 1. The predicted octanol–water partition coefficient (Wildman–Crippen LogP) is 4.33. The van der Waals surface area contributed by atoms with Gasteiger partial charge in [-0.05, 0) is 44.0 Å². The largest absolute Gasteiger partial charge is 0.416 e. The molecule has 0 saturated carbocycles. The van der Waals surface area contributed by atoms with Gasteiger partial charge in [0.1, 0.15) is 0 Å². The van der Waals surface area contributed by atoms with Crippen LogP contribution in [0.5, 0.6) is 0 Å². The van der Waals surface area contributed by atoms with Gasteiger partial charge in [-0.25, -0.2) is 0 Å². The third-order valence-corrected chi connectivity index (χ3v) is 4.11. The fourth-order valence-corrected chi connectivity index (χ4v) is 2.84. The lowest BCUT2D eigenvalue weighted by molar-refractivity contribution is -0.137. The second-order valence-corrected chi connectivity index (χ2v) is 5.79. The molecule has 0 bridgehead atoms. The maximum Gasteiger partial charge on any atom is 0.416 e. The first-order valence-corrected chi connectivity index (χ1v) is 7.64. The van der Waals surface area contributed by atoms with E-state index in [1.54, 1.807) is 0 Å². The first kappa shape index (κ1) is 16.4. The zero-order chi connectivity index (χ0) is 15.5. The molecule has 2 nitrogen and oxygen atoms in total. The Morgan fingerprint density at radius 1 is 1.29 bits per heavy atom. The maximum absolute atomic E-state index is 12.8. The summed E-state index contributed by atoms with van der Waals surface area (Å²) >= 11 is 6.07. The van der Waals surface area contributed by atoms with Crippen molar-refractivity contribution < 1.29 is 13.2 Å². The number of nitrogens with zero attached hydrogens (tertiary/aromatic N) is 1. The van der Waals surface area contributed by atoms with Crippen LogP contribution in [0.25, 0.3) is 0 Å². The van der Waals surface area contributed by atoms with Crippen molar-refractivity contribution >= 4 is 17.3 Å². The van der Waals surface area contributed by atoms with E-state index in [-0.39, 0.29) is 0 Å². The van der Waals surface area contributed by atoms with Crippen molar-refractivity contribution in [1.29, 1.82) is 0 Å². The van der Waals surface area contributed by atoms with Crippen molar-refractivity contribution in [2.45, 2.75) is 38.4 Å². The van der Waals surface area contributed by atoms with E-state index in [1.165, 1.54) is 6.07 Å². The van der Waals surface area contributed by atoms with Gasteiger partial charge in [-0.1, -0.05) is 18.5 Å². The Bertz CT molecular complexity index is 468. The van der Waals surface area contributed by atoms with Gasteiger partial charge in [0, 0.05) is 19.1 Å². The number of hydrogen-bond donors (Lipinski definition) is 1. The van der Waals surface area contributed by atoms with Crippen molar-refractivity contribution in [2.24, 2.45) is 0 Å². The third kappa shape index (κ3) is 4.27. The SMILES string of the molecule is CCCNC1CCN(c2cc(C(F)(F)F)ccc2Cl)CC1. The molecule has 1 aromatic rings. The van der Waals surface area contributed by atoms with Gasteiger partial charge in [-0.2, -0.15) is 13.2 Å². The van der Waals surface area contributed by atoms with E-state index in [4.69, 9.17) is 11.6 Å². The molecule has 21 heavy (non-hydrogen) atoms. The van der Waals surface area contributed by atoms with E-state index < -0.39 is 11.7 Å². The summed E-state index contributed by atoms with van der Waals surface area (Å²) in [6.45, 7) is 4.55. The Morgan fingerprint density at radius 3 is 2.52 bits per heavy atom. The average Bonchev–Trinajstić information content (AvgIpc) is 2.45. The summed E-state index contributed by atoms with van der Waals surface area (Å²) in [5, 5.41) is 3.83. The summed E-state index contributed by atoms with van der Waals surface area (Å²) in [6, 6.07) is 3.97. The summed E-state index contributed by atoms with van der Waals surface area (Å²) in [6.07, 6.45) is -1.40. The molecule has 1 saturated heterocycles. The fraction of sp³-hybridized carbons (Fsp3) is 0.600. The van der Waals surface area contributed by atoms with E-state index in [9.17, 15) is 13.2 Å². The van der Waals surface area contributed by atoms with E-state index in [0.29, 0.717) is 16.8 Å². The number of halogens is 4. The minimum absolute atomic E-state index is 0.378. The van der Waals surface area contributed by atoms with Gasteiger partial charge in [0.05, 0.1) is 16.3 Å². The summed E-state index contributed by atoms with van der Waals surface area (Å²) in [4.78, 5) is 1.95. The standard InChI is InChI=1S/C15H20ClF3N2/c1-2-7-20-12-5-8-21(9-6-12)14-10-11(15(17,18)19)3-4-13(14)16/h3-4,10,12,20H,2,5-9H2,1H3. The third-order valence-electron chi connectivity index (χ3n) is 3.79. The highest BCUT2D eigenvalue weighted by molar-refractivity contribution is 6.33. The van der Waals surface area contributed by atoms with Gasteiger partial charge in [0.15, 0.2) is 0 Å². The fourth-order valence-electron chi connectivity index (χ4n) is 2.60. The van der Waals surface area contributed by atoms with Gasteiger partial charge in [-0.3, -0.25) is 0 Å². The molecule has 6 heteroatoms. The topological polar surface area (TPSA) is 15.3 Å². The highest BCUT2D eigenvalue weighted by atomic mass is 35.5. The van der Waals surface area contributed by atoms with Gasteiger partial charge in [-0.15, -0.1) is 0 Å². The highest BCUT2D eigenvalue weighted by Gasteiger charge is 2.32. The van der Waals surface area contributed by atoms with Gasteiger partial charge in [0.25, 0.3) is 0 Å². The molecule has 2 rings (SSSR count). The molecule has 1 aromatic carbocycles. The Morgan fingerprint density at radius 2 is 1.95 bits per heavy atom. The monoisotopic (exact) mass is 320 g/mol. The number of piperidine rings is 1. The van der Waals surface area contributed by atoms with Gasteiger partial charge >= 0.3 is 6.18 Å². The molecule has 0 unspecified atom stereocenters. The first-order valence-electron chi connectivity index (χ1n) is 7.27. The van der Waals surface area contributed by atoms with Crippen LogP contribution in [0.4, 0.5) is 18.9 Å². The maximum atomic E-state index is 12.8. The molecule has 1 fully saturated rings. The van der Waals surface area contributed by atoms with Crippen LogP contribution in [-0.4, -0.2) is 25.7 Å². The molecule has 0 radical (unpaired) electrons. The lowest BCUT2D eigenvalue weighted by Gasteiger charge is -2.34. The predicted molar refractivity (Wildman–Crippen MR) is 80.0 cm³/mol. The molecule has 0 spiro atoms. The first-order chi connectivity index (χ1) is 9.91. The number of nitrogens with one attached hydrogen (secondary N) is 1. The number of alkyl halides is 3. The van der Waals surface area contributed by atoms with Crippen LogP contribution in [0.3, 0.4) is 0 Å².